The van der Waals surface area contributed by atoms with E-state index in [2.05, 4.69) is 19.7 Å². The average Bonchev–Trinajstić information content (AvgIpc) is 3.50. The van der Waals surface area contributed by atoms with E-state index >= 15 is 0 Å². The van der Waals surface area contributed by atoms with Crippen molar-refractivity contribution in [1.82, 2.24) is 13.7 Å². The standard InChI is InChI=1S/3C6H9N2.C4H10O3PS/c3*1-3-8-5-4-7(2)6-8;1-3-9(4-2)8(5,6)7/h3*3-6H,1H2,2H3;3-4H2,1-2H3/q3*+1;-3. The Morgan fingerprint density at radius 1 is 0.697 bits per heavy atom. The third-order valence-corrected chi connectivity index (χ3v) is 9.40. The Kier molecular flexibility index (Phi) is 15.0. The lowest BCUT2D eigenvalue weighted by molar-refractivity contribution is -0.567. The van der Waals surface area contributed by atoms with E-state index < -0.39 is 16.8 Å². The largest absolute Gasteiger partial charge is 0.848 e. The van der Waals surface area contributed by atoms with Crippen molar-refractivity contribution in [3.05, 3.63) is 75.9 Å². The van der Waals surface area contributed by atoms with Crippen molar-refractivity contribution in [2.45, 2.75) is 13.8 Å². The number of hydrogen-bond donors (Lipinski definition) is 0. The number of imidazole rings is 3. The number of aromatic nitrogens is 6. The van der Waals surface area contributed by atoms with Gasteiger partial charge in [0.1, 0.15) is 37.2 Å². The molecule has 0 fully saturated rings. The molecule has 0 saturated carbocycles. The maximum Gasteiger partial charge on any atom is 0.248 e. The van der Waals surface area contributed by atoms with Gasteiger partial charge in [-0.15, -0.1) is 0 Å². The van der Waals surface area contributed by atoms with Crippen molar-refractivity contribution in [1.29, 1.82) is 0 Å². The zero-order valence-electron chi connectivity index (χ0n) is 20.2. The first-order valence-corrected chi connectivity index (χ1v) is 13.9. The summed E-state index contributed by atoms with van der Waals surface area (Å²) in [6.45, 7) is 9.97. The Morgan fingerprint density at radius 3 is 1.03 bits per heavy atom. The Labute approximate surface area is 199 Å². The normalized spacial score (nSPS) is 10.1. The van der Waals surface area contributed by atoms with Gasteiger partial charge in [-0.05, 0) is 11.5 Å². The molecule has 11 heteroatoms. The van der Waals surface area contributed by atoms with Crippen molar-refractivity contribution in [3.8, 4) is 0 Å². The molecule has 0 spiro atoms. The van der Waals surface area contributed by atoms with Crippen LogP contribution in [-0.2, 0) is 31.2 Å². The summed E-state index contributed by atoms with van der Waals surface area (Å²) in [4.78, 5) is 30.8. The number of hydrogen-bond acceptors (Lipinski definition) is 3. The van der Waals surface area contributed by atoms with Gasteiger partial charge in [0.05, 0.1) is 39.7 Å². The highest BCUT2D eigenvalue weighted by molar-refractivity contribution is 8.26. The van der Waals surface area contributed by atoms with Crippen LogP contribution in [0.15, 0.2) is 75.9 Å². The molecule has 0 aliphatic carbocycles. The van der Waals surface area contributed by atoms with Crippen LogP contribution in [0.3, 0.4) is 0 Å². The predicted molar refractivity (Wildman–Crippen MR) is 131 cm³/mol. The fraction of sp³-hybridized carbons (Fsp3) is 0.318. The van der Waals surface area contributed by atoms with Gasteiger partial charge in [0.25, 0.3) is 0 Å². The molecular formula is C22H37N6O3PS. The molecule has 3 aromatic heterocycles. The molecule has 9 nitrogen and oxygen atoms in total. The first-order valence-electron chi connectivity index (χ1n) is 10.2. The highest BCUT2D eigenvalue weighted by atomic mass is 32.5. The Morgan fingerprint density at radius 2 is 0.970 bits per heavy atom. The first-order chi connectivity index (χ1) is 15.5. The van der Waals surface area contributed by atoms with E-state index in [1.54, 1.807) is 32.4 Å². The lowest BCUT2D eigenvalue weighted by Gasteiger charge is -2.52. The summed E-state index contributed by atoms with van der Waals surface area (Å²) in [5, 5.41) is 0. The second-order valence-electron chi connectivity index (χ2n) is 6.61. The second-order valence-corrected chi connectivity index (χ2v) is 12.5. The predicted octanol–water partition coefficient (Wildman–Crippen LogP) is -0.358. The smallest absolute Gasteiger partial charge is 0.248 e. The van der Waals surface area contributed by atoms with E-state index in [1.165, 1.54) is 0 Å². The van der Waals surface area contributed by atoms with Gasteiger partial charge in [-0.3, -0.25) is 0 Å². The van der Waals surface area contributed by atoms with Crippen LogP contribution in [0.1, 0.15) is 13.8 Å². The maximum absolute atomic E-state index is 10.3. The van der Waals surface area contributed by atoms with Crippen LogP contribution >= 0.6 is 6.72 Å². The van der Waals surface area contributed by atoms with Crippen LogP contribution < -0.4 is 28.4 Å². The molecule has 33 heavy (non-hydrogen) atoms. The Hall–Kier alpha value is -2.49. The van der Waals surface area contributed by atoms with Crippen LogP contribution in [-0.4, -0.2) is 25.2 Å². The molecular weight excluding hydrogens is 459 g/mol. The minimum Gasteiger partial charge on any atom is -0.848 e. The minimum atomic E-state index is -4.25. The summed E-state index contributed by atoms with van der Waals surface area (Å²) in [6.07, 6.45) is 22.8. The van der Waals surface area contributed by atoms with Crippen molar-refractivity contribution in [2.75, 3.05) is 11.5 Å². The summed E-state index contributed by atoms with van der Waals surface area (Å²) in [5.41, 5.74) is 0. The van der Waals surface area contributed by atoms with E-state index in [9.17, 15) is 14.7 Å². The van der Waals surface area contributed by atoms with Crippen molar-refractivity contribution in [2.24, 2.45) is 21.1 Å². The second kappa shape index (κ2) is 16.2. The fourth-order valence-electron chi connectivity index (χ4n) is 2.25. The van der Waals surface area contributed by atoms with Crippen LogP contribution in [0.2, 0.25) is 0 Å². The molecule has 0 amide bonds. The third-order valence-electron chi connectivity index (χ3n) is 3.98. The van der Waals surface area contributed by atoms with E-state index in [0.29, 0.717) is 11.5 Å². The SMILES string of the molecule is C=C[n+]1ccn(C)c1.C=C[n+]1ccn(C)c1.C=C[n+]1ccn(C)c1.CCS(CC)=P([O-])([O-])[O-]. The lowest BCUT2D eigenvalue weighted by Crippen LogP contribution is -2.30. The van der Waals surface area contributed by atoms with E-state index in [-0.39, 0.29) is 0 Å². The Bertz CT molecular complexity index is 929. The zero-order chi connectivity index (χ0) is 25.4. The summed E-state index contributed by atoms with van der Waals surface area (Å²) < 4.78 is 11.5. The summed E-state index contributed by atoms with van der Waals surface area (Å²) in [5.74, 6) is 0.918. The minimum absolute atomic E-state index is 0.459. The molecule has 0 saturated heterocycles. The van der Waals surface area contributed by atoms with Gasteiger partial charge in [0.2, 0.25) is 19.0 Å². The molecule has 3 heterocycles. The van der Waals surface area contributed by atoms with Gasteiger partial charge >= 0.3 is 0 Å². The molecule has 0 bridgehead atoms. The molecule has 184 valence electrons. The topological polar surface area (TPSA) is 95.6 Å². The van der Waals surface area contributed by atoms with Crippen LogP contribution in [0, 0.1) is 0 Å². The van der Waals surface area contributed by atoms with Gasteiger partial charge < -0.3 is 21.4 Å². The molecule has 0 unspecified atom stereocenters. The molecule has 0 radical (unpaired) electrons. The average molecular weight is 497 g/mol. The van der Waals surface area contributed by atoms with E-state index in [1.807, 2.05) is 105 Å². The zero-order valence-corrected chi connectivity index (χ0v) is 21.9. The summed E-state index contributed by atoms with van der Waals surface area (Å²) in [6, 6.07) is 0. The fourth-order valence-corrected chi connectivity index (χ4v) is 5.19. The summed E-state index contributed by atoms with van der Waals surface area (Å²) in [7, 11) is 5.01. The maximum atomic E-state index is 10.3. The van der Waals surface area contributed by atoms with Gasteiger partial charge in [-0.2, -0.15) is 0 Å². The number of nitrogens with zero attached hydrogens (tertiary/aromatic N) is 6. The molecule has 0 atom stereocenters. The van der Waals surface area contributed by atoms with E-state index in [4.69, 9.17) is 0 Å². The quantitative estimate of drug-likeness (QED) is 0.357. The van der Waals surface area contributed by atoms with Gasteiger partial charge in [0.15, 0.2) is 0 Å². The molecule has 0 N–H and O–H groups in total. The lowest BCUT2D eigenvalue weighted by atomic mass is 10.8. The van der Waals surface area contributed by atoms with Crippen LogP contribution in [0.25, 0.3) is 18.6 Å². The van der Waals surface area contributed by atoms with Gasteiger partial charge in [0, 0.05) is 0 Å². The molecule has 3 aromatic rings. The third kappa shape index (κ3) is 13.6. The van der Waals surface area contributed by atoms with E-state index in [0.717, 1.165) is 0 Å². The van der Waals surface area contributed by atoms with Crippen molar-refractivity contribution < 1.29 is 28.4 Å². The van der Waals surface area contributed by atoms with Gasteiger partial charge in [-0.25, -0.2) is 37.5 Å². The first kappa shape index (κ1) is 30.5. The monoisotopic (exact) mass is 496 g/mol. The van der Waals surface area contributed by atoms with Gasteiger partial charge in [-0.1, -0.05) is 33.6 Å². The molecule has 0 aliphatic heterocycles. The highest BCUT2D eigenvalue weighted by Gasteiger charge is 1.91. The Balaban J connectivity index is 0.000000414. The van der Waals surface area contributed by atoms with Crippen molar-refractivity contribution in [3.63, 3.8) is 0 Å². The van der Waals surface area contributed by atoms with Crippen LogP contribution in [0.5, 0.6) is 0 Å². The molecule has 0 aliphatic rings. The molecule has 3 rings (SSSR count). The highest BCUT2D eigenvalue weighted by Crippen LogP contribution is 2.19. The van der Waals surface area contributed by atoms with Crippen molar-refractivity contribution >= 4 is 35.4 Å². The number of aryl methyl sites for hydroxylation is 3. The van der Waals surface area contributed by atoms with Crippen LogP contribution in [0.4, 0.5) is 0 Å². The number of rotatable bonds is 5. The summed E-state index contributed by atoms with van der Waals surface area (Å²) >= 11 is 0. The molecule has 0 aromatic carbocycles.